The van der Waals surface area contributed by atoms with Crippen molar-refractivity contribution in [2.75, 3.05) is 0 Å². The SMILES string of the molecule is Cc1cc(C(=O)NCc2ccc(F)c(CO)c2)sc1C. The van der Waals surface area contributed by atoms with Crippen LogP contribution in [0.2, 0.25) is 0 Å². The maximum atomic E-state index is 13.2. The molecule has 0 atom stereocenters. The molecule has 1 aromatic heterocycles. The Bertz CT molecular complexity index is 617. The van der Waals surface area contributed by atoms with Crippen molar-refractivity contribution in [1.82, 2.24) is 5.32 Å². The van der Waals surface area contributed by atoms with Crippen molar-refractivity contribution in [2.24, 2.45) is 0 Å². The number of nitrogens with one attached hydrogen (secondary N) is 1. The maximum absolute atomic E-state index is 13.2. The number of rotatable bonds is 4. The predicted molar refractivity (Wildman–Crippen MR) is 77.3 cm³/mol. The van der Waals surface area contributed by atoms with E-state index < -0.39 is 5.82 Å². The average molecular weight is 293 g/mol. The van der Waals surface area contributed by atoms with Gasteiger partial charge in [-0.05, 0) is 43.2 Å². The van der Waals surface area contributed by atoms with Crippen LogP contribution in [0.5, 0.6) is 0 Å². The molecule has 106 valence electrons. The van der Waals surface area contributed by atoms with E-state index in [0.29, 0.717) is 11.4 Å². The molecule has 20 heavy (non-hydrogen) atoms. The fraction of sp³-hybridized carbons (Fsp3) is 0.267. The minimum Gasteiger partial charge on any atom is -0.392 e. The molecule has 3 nitrogen and oxygen atoms in total. The van der Waals surface area contributed by atoms with Gasteiger partial charge in [0.2, 0.25) is 0 Å². The van der Waals surface area contributed by atoms with Crippen LogP contribution in [-0.4, -0.2) is 11.0 Å². The molecule has 0 saturated carbocycles. The second-order valence-electron chi connectivity index (χ2n) is 4.62. The number of benzene rings is 1. The monoisotopic (exact) mass is 293 g/mol. The Hall–Kier alpha value is -1.72. The number of halogens is 1. The van der Waals surface area contributed by atoms with Gasteiger partial charge in [0, 0.05) is 17.0 Å². The summed E-state index contributed by atoms with van der Waals surface area (Å²) in [5.74, 6) is -0.576. The molecule has 2 N–H and O–H groups in total. The molecule has 0 fully saturated rings. The van der Waals surface area contributed by atoms with Gasteiger partial charge in [-0.1, -0.05) is 6.07 Å². The Morgan fingerprint density at radius 3 is 2.70 bits per heavy atom. The Labute approximate surface area is 121 Å². The molecule has 1 heterocycles. The third-order valence-corrected chi connectivity index (χ3v) is 4.27. The summed E-state index contributed by atoms with van der Waals surface area (Å²) in [5.41, 5.74) is 2.10. The number of carbonyl (C=O) groups is 1. The first-order chi connectivity index (χ1) is 9.51. The number of thiophene rings is 1. The third kappa shape index (κ3) is 3.23. The van der Waals surface area contributed by atoms with E-state index in [1.54, 1.807) is 12.1 Å². The van der Waals surface area contributed by atoms with Crippen molar-refractivity contribution in [2.45, 2.75) is 27.0 Å². The van der Waals surface area contributed by atoms with Crippen molar-refractivity contribution in [1.29, 1.82) is 0 Å². The summed E-state index contributed by atoms with van der Waals surface area (Å²) < 4.78 is 13.2. The van der Waals surface area contributed by atoms with Crippen LogP contribution in [0.15, 0.2) is 24.3 Å². The lowest BCUT2D eigenvalue weighted by atomic mass is 10.1. The summed E-state index contributed by atoms with van der Waals surface area (Å²) in [6, 6.07) is 6.31. The van der Waals surface area contributed by atoms with Gasteiger partial charge in [0.1, 0.15) is 5.82 Å². The van der Waals surface area contributed by atoms with Crippen LogP contribution in [0.25, 0.3) is 0 Å². The zero-order chi connectivity index (χ0) is 14.7. The summed E-state index contributed by atoms with van der Waals surface area (Å²) in [4.78, 5) is 13.8. The minimum absolute atomic E-state index is 0.138. The Morgan fingerprint density at radius 2 is 2.10 bits per heavy atom. The lowest BCUT2D eigenvalue weighted by Crippen LogP contribution is -2.21. The first kappa shape index (κ1) is 14.7. The normalized spacial score (nSPS) is 10.6. The zero-order valence-electron chi connectivity index (χ0n) is 11.4. The van der Waals surface area contributed by atoms with Crippen LogP contribution in [0, 0.1) is 19.7 Å². The van der Waals surface area contributed by atoms with E-state index in [1.807, 2.05) is 19.9 Å². The molecule has 0 unspecified atom stereocenters. The fourth-order valence-corrected chi connectivity index (χ4v) is 2.76. The maximum Gasteiger partial charge on any atom is 0.261 e. The number of amides is 1. The number of aryl methyl sites for hydroxylation is 2. The lowest BCUT2D eigenvalue weighted by Gasteiger charge is -2.06. The molecule has 0 bridgehead atoms. The summed E-state index contributed by atoms with van der Waals surface area (Å²) in [6.07, 6.45) is 0. The van der Waals surface area contributed by atoms with Gasteiger partial charge in [-0.25, -0.2) is 4.39 Å². The quantitative estimate of drug-likeness (QED) is 0.910. The molecule has 0 aliphatic carbocycles. The largest absolute Gasteiger partial charge is 0.392 e. The summed E-state index contributed by atoms with van der Waals surface area (Å²) in [5, 5.41) is 11.8. The van der Waals surface area contributed by atoms with E-state index in [2.05, 4.69) is 5.32 Å². The Morgan fingerprint density at radius 1 is 1.35 bits per heavy atom. The molecule has 2 rings (SSSR count). The van der Waals surface area contributed by atoms with Crippen molar-refractivity contribution in [3.8, 4) is 0 Å². The van der Waals surface area contributed by atoms with Crippen LogP contribution in [0.4, 0.5) is 4.39 Å². The van der Waals surface area contributed by atoms with Crippen molar-refractivity contribution >= 4 is 17.2 Å². The zero-order valence-corrected chi connectivity index (χ0v) is 12.2. The highest BCUT2D eigenvalue weighted by Crippen LogP contribution is 2.20. The number of hydrogen-bond donors (Lipinski definition) is 2. The summed E-state index contributed by atoms with van der Waals surface area (Å²) in [6.45, 7) is 3.90. The minimum atomic E-state index is -0.438. The second kappa shape index (κ2) is 6.15. The molecule has 0 saturated heterocycles. The molecule has 5 heteroatoms. The van der Waals surface area contributed by atoms with Gasteiger partial charge in [-0.2, -0.15) is 0 Å². The van der Waals surface area contributed by atoms with E-state index in [1.165, 1.54) is 17.4 Å². The number of carbonyl (C=O) groups excluding carboxylic acids is 1. The van der Waals surface area contributed by atoms with Crippen LogP contribution >= 0.6 is 11.3 Å². The highest BCUT2D eigenvalue weighted by atomic mass is 32.1. The number of aliphatic hydroxyl groups is 1. The van der Waals surface area contributed by atoms with Crippen molar-refractivity contribution in [3.63, 3.8) is 0 Å². The first-order valence-corrected chi connectivity index (χ1v) is 7.06. The van der Waals surface area contributed by atoms with Gasteiger partial charge in [0.15, 0.2) is 0 Å². The molecule has 1 amide bonds. The van der Waals surface area contributed by atoms with Crippen LogP contribution in [0.1, 0.15) is 31.2 Å². The standard InChI is InChI=1S/C15H16FNO2S/c1-9-5-14(20-10(9)2)15(19)17-7-11-3-4-13(16)12(6-11)8-18/h3-6,18H,7-8H2,1-2H3,(H,17,19). The average Bonchev–Trinajstić information content (AvgIpc) is 2.77. The molecule has 1 aromatic carbocycles. The number of hydrogen-bond acceptors (Lipinski definition) is 3. The van der Waals surface area contributed by atoms with Gasteiger partial charge in [0.05, 0.1) is 11.5 Å². The number of aliphatic hydroxyl groups excluding tert-OH is 1. The highest BCUT2D eigenvalue weighted by molar-refractivity contribution is 7.14. The molecule has 0 aliphatic heterocycles. The van der Waals surface area contributed by atoms with E-state index in [0.717, 1.165) is 16.0 Å². The molecule has 0 aliphatic rings. The second-order valence-corrected chi connectivity index (χ2v) is 5.87. The van der Waals surface area contributed by atoms with E-state index in [-0.39, 0.29) is 18.1 Å². The van der Waals surface area contributed by atoms with Crippen LogP contribution < -0.4 is 5.32 Å². The van der Waals surface area contributed by atoms with Gasteiger partial charge < -0.3 is 10.4 Å². The van der Waals surface area contributed by atoms with Gasteiger partial charge in [0.25, 0.3) is 5.91 Å². The Kier molecular flexibility index (Phi) is 4.52. The predicted octanol–water partition coefficient (Wildman–Crippen LogP) is 2.93. The Balaban J connectivity index is 2.03. The van der Waals surface area contributed by atoms with Crippen LogP contribution in [0.3, 0.4) is 0 Å². The van der Waals surface area contributed by atoms with Gasteiger partial charge in [-0.15, -0.1) is 11.3 Å². The van der Waals surface area contributed by atoms with Crippen molar-refractivity contribution in [3.05, 3.63) is 56.5 Å². The smallest absolute Gasteiger partial charge is 0.261 e. The molecular weight excluding hydrogens is 277 g/mol. The molecule has 0 radical (unpaired) electrons. The van der Waals surface area contributed by atoms with E-state index in [9.17, 15) is 9.18 Å². The first-order valence-electron chi connectivity index (χ1n) is 6.24. The summed E-state index contributed by atoms with van der Waals surface area (Å²) >= 11 is 1.46. The van der Waals surface area contributed by atoms with E-state index in [4.69, 9.17) is 5.11 Å². The van der Waals surface area contributed by atoms with Gasteiger partial charge in [-0.3, -0.25) is 4.79 Å². The third-order valence-electron chi connectivity index (χ3n) is 3.12. The fourth-order valence-electron chi connectivity index (χ4n) is 1.81. The molecule has 0 spiro atoms. The van der Waals surface area contributed by atoms with E-state index >= 15 is 0 Å². The lowest BCUT2D eigenvalue weighted by molar-refractivity contribution is 0.0955. The van der Waals surface area contributed by atoms with Crippen LogP contribution in [-0.2, 0) is 13.2 Å². The van der Waals surface area contributed by atoms with Gasteiger partial charge >= 0.3 is 0 Å². The highest BCUT2D eigenvalue weighted by Gasteiger charge is 2.10. The topological polar surface area (TPSA) is 49.3 Å². The molecule has 2 aromatic rings. The summed E-state index contributed by atoms with van der Waals surface area (Å²) in [7, 11) is 0. The molecular formula is C15H16FNO2S. The van der Waals surface area contributed by atoms with Crippen molar-refractivity contribution < 1.29 is 14.3 Å².